The van der Waals surface area contributed by atoms with Crippen molar-refractivity contribution < 1.29 is 9.90 Å². The summed E-state index contributed by atoms with van der Waals surface area (Å²) in [6.07, 6.45) is 3.49. The van der Waals surface area contributed by atoms with E-state index in [0.29, 0.717) is 5.69 Å². The fraction of sp³-hybridized carbons (Fsp3) is 0.333. The second kappa shape index (κ2) is 4.18. The van der Waals surface area contributed by atoms with E-state index in [9.17, 15) is 9.90 Å². The molecule has 1 amide bonds. The summed E-state index contributed by atoms with van der Waals surface area (Å²) in [5.74, 6) is -0.282. The molecule has 17 heavy (non-hydrogen) atoms. The minimum atomic E-state index is -0.922. The highest BCUT2D eigenvalue weighted by Gasteiger charge is 2.16. The summed E-state index contributed by atoms with van der Waals surface area (Å²) in [4.78, 5) is 15.9. The number of nitrogens with zero attached hydrogens (tertiary/aromatic N) is 2. The number of aliphatic hydroxyl groups is 1. The maximum Gasteiger partial charge on any atom is 0.271 e. The number of pyridine rings is 1. The molecule has 0 saturated heterocycles. The molecule has 90 valence electrons. The van der Waals surface area contributed by atoms with Crippen LogP contribution in [0.5, 0.6) is 0 Å². The molecular weight excluding hydrogens is 218 g/mol. The van der Waals surface area contributed by atoms with E-state index in [2.05, 4.69) is 10.3 Å². The van der Waals surface area contributed by atoms with E-state index < -0.39 is 5.60 Å². The Morgan fingerprint density at radius 1 is 1.53 bits per heavy atom. The van der Waals surface area contributed by atoms with Crippen molar-refractivity contribution >= 4 is 11.6 Å². The summed E-state index contributed by atoms with van der Waals surface area (Å²) in [5.41, 5.74) is 0.149. The van der Waals surface area contributed by atoms with Gasteiger partial charge in [-0.05, 0) is 26.0 Å². The highest BCUT2D eigenvalue weighted by Crippen LogP contribution is 2.05. The first-order chi connectivity index (χ1) is 7.96. The number of fused-ring (bicyclic) bond motifs is 1. The number of carbonyl (C=O) groups is 1. The number of rotatable bonds is 3. The van der Waals surface area contributed by atoms with Gasteiger partial charge in [-0.1, -0.05) is 6.07 Å². The van der Waals surface area contributed by atoms with Crippen LogP contribution in [-0.4, -0.2) is 32.5 Å². The maximum absolute atomic E-state index is 11.8. The minimum Gasteiger partial charge on any atom is -0.389 e. The van der Waals surface area contributed by atoms with Gasteiger partial charge in [-0.25, -0.2) is 4.98 Å². The molecule has 0 unspecified atom stereocenters. The summed E-state index contributed by atoms with van der Waals surface area (Å²) in [7, 11) is 0. The summed E-state index contributed by atoms with van der Waals surface area (Å²) < 4.78 is 1.78. The van der Waals surface area contributed by atoms with Crippen molar-refractivity contribution in [2.45, 2.75) is 19.4 Å². The van der Waals surface area contributed by atoms with Crippen molar-refractivity contribution in [3.63, 3.8) is 0 Å². The van der Waals surface area contributed by atoms with E-state index in [1.807, 2.05) is 24.4 Å². The molecule has 2 aromatic rings. The van der Waals surface area contributed by atoms with E-state index >= 15 is 0 Å². The Morgan fingerprint density at radius 3 is 2.94 bits per heavy atom. The number of hydrogen-bond donors (Lipinski definition) is 2. The van der Waals surface area contributed by atoms with Crippen LogP contribution in [-0.2, 0) is 0 Å². The van der Waals surface area contributed by atoms with Crippen molar-refractivity contribution in [1.82, 2.24) is 14.7 Å². The maximum atomic E-state index is 11.8. The lowest BCUT2D eigenvalue weighted by atomic mass is 10.1. The normalized spacial score (nSPS) is 11.7. The van der Waals surface area contributed by atoms with Crippen molar-refractivity contribution in [2.24, 2.45) is 0 Å². The van der Waals surface area contributed by atoms with Gasteiger partial charge in [0.15, 0.2) is 0 Å². The van der Waals surface area contributed by atoms with Gasteiger partial charge in [0.2, 0.25) is 0 Å². The first kappa shape index (κ1) is 11.6. The van der Waals surface area contributed by atoms with Crippen molar-refractivity contribution in [2.75, 3.05) is 6.54 Å². The molecule has 0 aliphatic carbocycles. The Hall–Kier alpha value is -1.88. The van der Waals surface area contributed by atoms with Crippen molar-refractivity contribution in [3.05, 3.63) is 36.3 Å². The van der Waals surface area contributed by atoms with Gasteiger partial charge < -0.3 is 14.8 Å². The lowest BCUT2D eigenvalue weighted by Gasteiger charge is -2.16. The van der Waals surface area contributed by atoms with Crippen LogP contribution >= 0.6 is 0 Å². The molecule has 0 spiro atoms. The SMILES string of the molecule is CC(C)(O)CNC(=O)c1cn2ccccc2n1. The fourth-order valence-corrected chi connectivity index (χ4v) is 1.43. The van der Waals surface area contributed by atoms with Gasteiger partial charge in [0.05, 0.1) is 5.60 Å². The molecule has 5 nitrogen and oxygen atoms in total. The second-order valence-corrected chi connectivity index (χ2v) is 4.59. The monoisotopic (exact) mass is 233 g/mol. The quantitative estimate of drug-likeness (QED) is 0.825. The average molecular weight is 233 g/mol. The third-order valence-electron chi connectivity index (χ3n) is 2.28. The Bertz CT molecular complexity index is 507. The molecule has 0 atom stereocenters. The average Bonchev–Trinajstić information content (AvgIpc) is 2.68. The number of carbonyl (C=O) groups excluding carboxylic acids is 1. The summed E-state index contributed by atoms with van der Waals surface area (Å²) >= 11 is 0. The van der Waals surface area contributed by atoms with Crippen LogP contribution in [0.4, 0.5) is 0 Å². The molecule has 2 N–H and O–H groups in total. The van der Waals surface area contributed by atoms with Crippen LogP contribution in [0, 0.1) is 0 Å². The zero-order chi connectivity index (χ0) is 12.5. The highest BCUT2D eigenvalue weighted by atomic mass is 16.3. The molecule has 0 fully saturated rings. The first-order valence-corrected chi connectivity index (χ1v) is 5.40. The summed E-state index contributed by atoms with van der Waals surface area (Å²) in [5, 5.41) is 12.1. The van der Waals surface area contributed by atoms with Gasteiger partial charge in [0, 0.05) is 18.9 Å². The van der Waals surface area contributed by atoms with Crippen LogP contribution in [0.3, 0.4) is 0 Å². The zero-order valence-corrected chi connectivity index (χ0v) is 9.84. The Labute approximate surface area is 99.1 Å². The van der Waals surface area contributed by atoms with Crippen LogP contribution < -0.4 is 5.32 Å². The standard InChI is InChI=1S/C12H15N3O2/c1-12(2,17)8-13-11(16)9-7-15-6-4-3-5-10(15)14-9/h3-7,17H,8H2,1-2H3,(H,13,16). The minimum absolute atomic E-state index is 0.194. The largest absolute Gasteiger partial charge is 0.389 e. The Balaban J connectivity index is 2.14. The van der Waals surface area contributed by atoms with E-state index in [4.69, 9.17) is 0 Å². The third kappa shape index (κ3) is 2.82. The lowest BCUT2D eigenvalue weighted by molar-refractivity contribution is 0.0692. The van der Waals surface area contributed by atoms with Crippen molar-refractivity contribution in [3.8, 4) is 0 Å². The number of amides is 1. The summed E-state index contributed by atoms with van der Waals surface area (Å²) in [6.45, 7) is 3.47. The van der Waals surface area contributed by atoms with E-state index in [0.717, 1.165) is 5.65 Å². The summed E-state index contributed by atoms with van der Waals surface area (Å²) in [6, 6.07) is 5.56. The second-order valence-electron chi connectivity index (χ2n) is 4.59. The van der Waals surface area contributed by atoms with Gasteiger partial charge in [0.25, 0.3) is 5.91 Å². The van der Waals surface area contributed by atoms with Gasteiger partial charge >= 0.3 is 0 Å². The molecule has 0 aromatic carbocycles. The molecule has 0 radical (unpaired) electrons. The fourth-order valence-electron chi connectivity index (χ4n) is 1.43. The van der Waals surface area contributed by atoms with Gasteiger partial charge in [-0.3, -0.25) is 4.79 Å². The Morgan fingerprint density at radius 2 is 2.29 bits per heavy atom. The molecule has 0 saturated carbocycles. The van der Waals surface area contributed by atoms with Gasteiger partial charge in [-0.2, -0.15) is 0 Å². The number of hydrogen-bond acceptors (Lipinski definition) is 3. The number of imidazole rings is 1. The van der Waals surface area contributed by atoms with Crippen LogP contribution in [0.15, 0.2) is 30.6 Å². The van der Waals surface area contributed by atoms with Gasteiger partial charge in [-0.15, -0.1) is 0 Å². The predicted molar refractivity (Wildman–Crippen MR) is 63.8 cm³/mol. The molecule has 5 heteroatoms. The van der Waals surface area contributed by atoms with E-state index in [1.165, 1.54) is 0 Å². The van der Waals surface area contributed by atoms with Crippen LogP contribution in [0.25, 0.3) is 5.65 Å². The van der Waals surface area contributed by atoms with Crippen molar-refractivity contribution in [1.29, 1.82) is 0 Å². The number of aromatic nitrogens is 2. The van der Waals surface area contributed by atoms with Crippen LogP contribution in [0.2, 0.25) is 0 Å². The molecule has 0 aliphatic rings. The Kier molecular flexibility index (Phi) is 2.85. The lowest BCUT2D eigenvalue weighted by Crippen LogP contribution is -2.38. The molecule has 0 bridgehead atoms. The van der Waals surface area contributed by atoms with Gasteiger partial charge in [0.1, 0.15) is 11.3 Å². The smallest absolute Gasteiger partial charge is 0.271 e. The molecule has 0 aliphatic heterocycles. The first-order valence-electron chi connectivity index (χ1n) is 5.40. The molecule has 2 rings (SSSR count). The third-order valence-corrected chi connectivity index (χ3v) is 2.28. The van der Waals surface area contributed by atoms with E-state index in [1.54, 1.807) is 24.4 Å². The molecule has 2 aromatic heterocycles. The predicted octanol–water partition coefficient (Wildman–Crippen LogP) is 0.835. The zero-order valence-electron chi connectivity index (χ0n) is 9.84. The molecular formula is C12H15N3O2. The topological polar surface area (TPSA) is 66.6 Å². The van der Waals surface area contributed by atoms with Crippen LogP contribution in [0.1, 0.15) is 24.3 Å². The highest BCUT2D eigenvalue weighted by molar-refractivity contribution is 5.92. The molecule has 2 heterocycles. The van der Waals surface area contributed by atoms with E-state index in [-0.39, 0.29) is 12.5 Å². The number of nitrogens with one attached hydrogen (secondary N) is 1.